The topological polar surface area (TPSA) is 64.1 Å². The average Bonchev–Trinajstić information content (AvgIpc) is 2.91. The number of hydrogen-bond acceptors (Lipinski definition) is 5. The van der Waals surface area contributed by atoms with Gasteiger partial charge in [-0.3, -0.25) is 14.7 Å². The Labute approximate surface area is 177 Å². The smallest absolute Gasteiger partial charge is 0.223 e. The summed E-state index contributed by atoms with van der Waals surface area (Å²) >= 11 is 1.73. The number of carbonyl (C=O) groups excluding carboxylic acids is 1. The summed E-state index contributed by atoms with van der Waals surface area (Å²) in [5.74, 6) is 1.13. The number of nitrogens with one attached hydrogen (secondary N) is 1. The summed E-state index contributed by atoms with van der Waals surface area (Å²) in [5.41, 5.74) is 1.10. The summed E-state index contributed by atoms with van der Waals surface area (Å²) in [7, 11) is 5.44. The maximum absolute atomic E-state index is 11.7. The number of aryl methyl sites for hydroxylation is 2. The third-order valence-corrected chi connectivity index (χ3v) is 5.50. The fourth-order valence-corrected chi connectivity index (χ4v) is 3.77. The van der Waals surface area contributed by atoms with Crippen LogP contribution in [-0.4, -0.2) is 85.4 Å². The van der Waals surface area contributed by atoms with Crippen LogP contribution in [0, 0.1) is 13.8 Å². The van der Waals surface area contributed by atoms with E-state index in [9.17, 15) is 4.79 Å². The molecular formula is C17H31IN6OS. The molecule has 0 spiro atoms. The number of aromatic nitrogens is 1. The van der Waals surface area contributed by atoms with Crippen molar-refractivity contribution in [1.82, 2.24) is 25.0 Å². The van der Waals surface area contributed by atoms with Crippen molar-refractivity contribution in [2.24, 2.45) is 4.99 Å². The molecule has 1 aliphatic heterocycles. The molecule has 2 heterocycles. The van der Waals surface area contributed by atoms with Crippen molar-refractivity contribution < 1.29 is 4.79 Å². The second-order valence-electron chi connectivity index (χ2n) is 6.51. The molecule has 0 bridgehead atoms. The molecule has 1 N–H and O–H groups in total. The lowest BCUT2D eigenvalue weighted by Gasteiger charge is -2.36. The fourth-order valence-electron chi connectivity index (χ4n) is 2.89. The van der Waals surface area contributed by atoms with Crippen LogP contribution in [0.1, 0.15) is 22.0 Å². The van der Waals surface area contributed by atoms with E-state index in [2.05, 4.69) is 32.0 Å². The highest BCUT2D eigenvalue weighted by Gasteiger charge is 2.20. The van der Waals surface area contributed by atoms with Gasteiger partial charge < -0.3 is 15.1 Å². The molecule has 9 heteroatoms. The lowest BCUT2D eigenvalue weighted by molar-refractivity contribution is -0.129. The number of rotatable bonds is 5. The zero-order chi connectivity index (χ0) is 18.4. The number of amides is 1. The first-order valence-corrected chi connectivity index (χ1v) is 9.53. The number of piperazine rings is 1. The van der Waals surface area contributed by atoms with Crippen LogP contribution in [0.5, 0.6) is 0 Å². The summed E-state index contributed by atoms with van der Waals surface area (Å²) in [4.78, 5) is 28.2. The van der Waals surface area contributed by atoms with Gasteiger partial charge >= 0.3 is 0 Å². The minimum atomic E-state index is 0. The van der Waals surface area contributed by atoms with Crippen LogP contribution < -0.4 is 5.32 Å². The van der Waals surface area contributed by atoms with E-state index < -0.39 is 0 Å². The first-order chi connectivity index (χ1) is 11.9. The quantitative estimate of drug-likeness (QED) is 0.383. The molecule has 0 saturated carbocycles. The lowest BCUT2D eigenvalue weighted by atomic mass is 10.3. The Balaban J connectivity index is 0.00000338. The molecule has 148 valence electrons. The van der Waals surface area contributed by atoms with Crippen LogP contribution in [0.15, 0.2) is 4.99 Å². The fraction of sp³-hybridized carbons (Fsp3) is 0.706. The Morgan fingerprint density at radius 1 is 1.27 bits per heavy atom. The number of guanidine groups is 1. The van der Waals surface area contributed by atoms with Crippen molar-refractivity contribution in [2.45, 2.75) is 26.8 Å². The largest absolute Gasteiger partial charge is 0.351 e. The summed E-state index contributed by atoms with van der Waals surface area (Å²) in [6, 6.07) is 0. The van der Waals surface area contributed by atoms with Gasteiger partial charge in [0.1, 0.15) is 0 Å². The monoisotopic (exact) mass is 494 g/mol. The van der Waals surface area contributed by atoms with E-state index >= 15 is 0 Å². The number of aliphatic imine (C=N–C) groups is 1. The Hall–Kier alpha value is -0.940. The average molecular weight is 494 g/mol. The van der Waals surface area contributed by atoms with Gasteiger partial charge in [-0.2, -0.15) is 0 Å². The molecule has 1 fully saturated rings. The number of nitrogens with zero attached hydrogens (tertiary/aromatic N) is 5. The minimum Gasteiger partial charge on any atom is -0.351 e. The van der Waals surface area contributed by atoms with E-state index in [1.54, 1.807) is 16.2 Å². The highest BCUT2D eigenvalue weighted by molar-refractivity contribution is 14.0. The van der Waals surface area contributed by atoms with Gasteiger partial charge in [0.2, 0.25) is 5.91 Å². The number of carbonyl (C=O) groups is 1. The molecule has 7 nitrogen and oxygen atoms in total. The maximum atomic E-state index is 11.7. The van der Waals surface area contributed by atoms with Crippen LogP contribution >= 0.6 is 35.3 Å². The van der Waals surface area contributed by atoms with E-state index in [1.165, 1.54) is 4.88 Å². The van der Waals surface area contributed by atoms with Crippen molar-refractivity contribution in [1.29, 1.82) is 0 Å². The van der Waals surface area contributed by atoms with Gasteiger partial charge in [-0.15, -0.1) is 35.3 Å². The van der Waals surface area contributed by atoms with Crippen LogP contribution in [0.4, 0.5) is 0 Å². The van der Waals surface area contributed by atoms with E-state index in [-0.39, 0.29) is 29.9 Å². The number of hydrogen-bond donors (Lipinski definition) is 1. The molecule has 0 unspecified atom stereocenters. The van der Waals surface area contributed by atoms with Crippen molar-refractivity contribution in [2.75, 3.05) is 53.9 Å². The molecule has 26 heavy (non-hydrogen) atoms. The molecule has 1 saturated heterocycles. The lowest BCUT2D eigenvalue weighted by Crippen LogP contribution is -2.52. The first-order valence-electron chi connectivity index (χ1n) is 8.71. The molecule has 1 aliphatic rings. The summed E-state index contributed by atoms with van der Waals surface area (Å²) < 4.78 is 0. The molecule has 1 aromatic rings. The Kier molecular flexibility index (Phi) is 9.80. The van der Waals surface area contributed by atoms with Gasteiger partial charge in [-0.1, -0.05) is 0 Å². The molecule has 0 aromatic carbocycles. The van der Waals surface area contributed by atoms with Gasteiger partial charge in [-0.25, -0.2) is 4.98 Å². The van der Waals surface area contributed by atoms with Crippen LogP contribution in [0.25, 0.3) is 0 Å². The molecule has 1 amide bonds. The summed E-state index contributed by atoms with van der Waals surface area (Å²) in [6.07, 6.45) is 0.587. The normalized spacial score (nSPS) is 15.6. The number of thiazole rings is 1. The standard InChI is InChI=1S/C17H30N6OS.HI/c1-13-15(25-14(2)20-13)12-19-17(18-3)23-10-8-22(9-11-23)7-6-16(24)21(4)5;/h6-12H2,1-5H3,(H,18,19);1H. The van der Waals surface area contributed by atoms with Crippen LogP contribution in [0.3, 0.4) is 0 Å². The van der Waals surface area contributed by atoms with E-state index in [0.717, 1.165) is 55.9 Å². The summed E-state index contributed by atoms with van der Waals surface area (Å²) in [5, 5.41) is 4.56. The minimum absolute atomic E-state index is 0. The highest BCUT2D eigenvalue weighted by Crippen LogP contribution is 2.16. The SMILES string of the molecule is CN=C(NCc1sc(C)nc1C)N1CCN(CCC(=O)N(C)C)CC1.I. The van der Waals surface area contributed by atoms with Crippen molar-refractivity contribution in [3.63, 3.8) is 0 Å². The van der Waals surface area contributed by atoms with Gasteiger partial charge in [0.25, 0.3) is 0 Å². The third kappa shape index (κ3) is 6.66. The molecular weight excluding hydrogens is 463 g/mol. The Morgan fingerprint density at radius 3 is 2.42 bits per heavy atom. The van der Waals surface area contributed by atoms with Gasteiger partial charge in [0.05, 0.1) is 17.2 Å². The molecule has 0 aliphatic carbocycles. The molecule has 1 aromatic heterocycles. The van der Waals surface area contributed by atoms with Crippen LogP contribution in [-0.2, 0) is 11.3 Å². The Morgan fingerprint density at radius 2 is 1.92 bits per heavy atom. The van der Waals surface area contributed by atoms with Crippen molar-refractivity contribution in [3.8, 4) is 0 Å². The summed E-state index contributed by atoms with van der Waals surface area (Å²) in [6.45, 7) is 9.46. The maximum Gasteiger partial charge on any atom is 0.223 e. The van der Waals surface area contributed by atoms with Gasteiger partial charge in [0, 0.05) is 65.2 Å². The number of halogens is 1. The third-order valence-electron chi connectivity index (χ3n) is 4.43. The predicted octanol–water partition coefficient (Wildman–Crippen LogP) is 1.55. The molecule has 2 rings (SSSR count). The second kappa shape index (κ2) is 11.0. The van der Waals surface area contributed by atoms with Gasteiger partial charge in [-0.05, 0) is 13.8 Å². The molecule has 0 atom stereocenters. The zero-order valence-electron chi connectivity index (χ0n) is 16.4. The van der Waals surface area contributed by atoms with Gasteiger partial charge in [0.15, 0.2) is 5.96 Å². The predicted molar refractivity (Wildman–Crippen MR) is 119 cm³/mol. The first kappa shape index (κ1) is 23.1. The van der Waals surface area contributed by atoms with Crippen molar-refractivity contribution >= 4 is 47.2 Å². The van der Waals surface area contributed by atoms with Crippen LogP contribution in [0.2, 0.25) is 0 Å². The highest BCUT2D eigenvalue weighted by atomic mass is 127. The zero-order valence-corrected chi connectivity index (χ0v) is 19.6. The second-order valence-corrected chi connectivity index (χ2v) is 7.80. The van der Waals surface area contributed by atoms with E-state index in [4.69, 9.17) is 0 Å². The van der Waals surface area contributed by atoms with Crippen molar-refractivity contribution in [3.05, 3.63) is 15.6 Å². The van der Waals surface area contributed by atoms with E-state index in [0.29, 0.717) is 6.42 Å². The molecule has 0 radical (unpaired) electrons. The Bertz CT molecular complexity index is 610. The van der Waals surface area contributed by atoms with E-state index in [1.807, 2.05) is 28.1 Å².